The van der Waals surface area contributed by atoms with Crippen molar-refractivity contribution < 1.29 is 18.8 Å². The number of likely N-dealkylation sites (tertiary alicyclic amines) is 1. The van der Waals surface area contributed by atoms with Gasteiger partial charge in [0.25, 0.3) is 5.91 Å². The molecule has 6 nitrogen and oxygen atoms in total. The minimum Gasteiger partial charge on any atom is -0.455 e. The monoisotopic (exact) mass is 330 g/mol. The highest BCUT2D eigenvalue weighted by Gasteiger charge is 2.26. The van der Waals surface area contributed by atoms with Crippen molar-refractivity contribution in [1.82, 2.24) is 10.1 Å². The Morgan fingerprint density at radius 3 is 2.71 bits per heavy atom. The van der Waals surface area contributed by atoms with Crippen molar-refractivity contribution in [3.05, 3.63) is 30.0 Å². The molecule has 1 aromatic carbocycles. The molecular formula is C18H22N2O4. The average Bonchev–Trinajstić information content (AvgIpc) is 2.95. The highest BCUT2D eigenvalue weighted by atomic mass is 16.5. The van der Waals surface area contributed by atoms with Crippen molar-refractivity contribution in [2.45, 2.75) is 26.7 Å². The second-order valence-electron chi connectivity index (χ2n) is 6.71. The van der Waals surface area contributed by atoms with E-state index >= 15 is 0 Å². The molecule has 1 aliphatic rings. The van der Waals surface area contributed by atoms with E-state index in [9.17, 15) is 9.59 Å². The van der Waals surface area contributed by atoms with Crippen molar-refractivity contribution in [2.24, 2.45) is 11.8 Å². The molecule has 0 aliphatic carbocycles. The van der Waals surface area contributed by atoms with Crippen LogP contribution in [0, 0.1) is 11.8 Å². The van der Waals surface area contributed by atoms with Gasteiger partial charge in [-0.25, -0.2) is 0 Å². The fourth-order valence-electron chi connectivity index (χ4n) is 3.35. The number of esters is 1. The fourth-order valence-corrected chi connectivity index (χ4v) is 3.35. The van der Waals surface area contributed by atoms with Crippen LogP contribution in [0.1, 0.15) is 26.0 Å². The zero-order valence-corrected chi connectivity index (χ0v) is 14.0. The van der Waals surface area contributed by atoms with Crippen molar-refractivity contribution in [3.63, 3.8) is 0 Å². The molecule has 24 heavy (non-hydrogen) atoms. The summed E-state index contributed by atoms with van der Waals surface area (Å²) in [6.45, 7) is 5.52. The topological polar surface area (TPSA) is 72.6 Å². The van der Waals surface area contributed by atoms with Crippen LogP contribution in [0.15, 0.2) is 28.8 Å². The van der Waals surface area contributed by atoms with Gasteiger partial charge in [0.05, 0.1) is 6.42 Å². The first-order valence-electron chi connectivity index (χ1n) is 8.29. The Labute approximate surface area is 140 Å². The Hall–Kier alpha value is -2.37. The predicted octanol–water partition coefficient (Wildman–Crippen LogP) is 2.42. The number of rotatable bonds is 4. The predicted molar refractivity (Wildman–Crippen MR) is 88.2 cm³/mol. The number of amides is 1. The maximum absolute atomic E-state index is 12.2. The molecule has 2 aromatic rings. The molecule has 1 aromatic heterocycles. The summed E-state index contributed by atoms with van der Waals surface area (Å²) in [7, 11) is 0. The lowest BCUT2D eigenvalue weighted by Gasteiger charge is -2.34. The summed E-state index contributed by atoms with van der Waals surface area (Å²) >= 11 is 0. The number of nitrogens with zero attached hydrogens (tertiary/aromatic N) is 2. The summed E-state index contributed by atoms with van der Waals surface area (Å²) in [5.74, 6) is 0.358. The highest BCUT2D eigenvalue weighted by Crippen LogP contribution is 2.21. The minimum atomic E-state index is -0.472. The number of carbonyl (C=O) groups is 2. The van der Waals surface area contributed by atoms with E-state index in [4.69, 9.17) is 9.26 Å². The quantitative estimate of drug-likeness (QED) is 0.805. The first-order valence-corrected chi connectivity index (χ1v) is 8.29. The summed E-state index contributed by atoms with van der Waals surface area (Å²) < 4.78 is 10.3. The second-order valence-corrected chi connectivity index (χ2v) is 6.71. The highest BCUT2D eigenvalue weighted by molar-refractivity contribution is 5.85. The summed E-state index contributed by atoms with van der Waals surface area (Å²) in [4.78, 5) is 26.0. The summed E-state index contributed by atoms with van der Waals surface area (Å²) in [6, 6.07) is 7.33. The van der Waals surface area contributed by atoms with E-state index < -0.39 is 5.97 Å². The summed E-state index contributed by atoms with van der Waals surface area (Å²) in [5.41, 5.74) is 1.16. The molecule has 0 N–H and O–H groups in total. The number of hydrogen-bond acceptors (Lipinski definition) is 5. The van der Waals surface area contributed by atoms with E-state index in [1.54, 1.807) is 11.0 Å². The van der Waals surface area contributed by atoms with Gasteiger partial charge in [-0.3, -0.25) is 9.59 Å². The summed E-state index contributed by atoms with van der Waals surface area (Å²) in [6.07, 6.45) is 1.12. The number of fused-ring (bicyclic) bond motifs is 1. The number of piperidine rings is 1. The zero-order valence-electron chi connectivity index (χ0n) is 14.0. The Bertz CT molecular complexity index is 729. The third-order valence-electron chi connectivity index (χ3n) is 4.34. The number of hydrogen-bond donors (Lipinski definition) is 0. The van der Waals surface area contributed by atoms with E-state index in [1.165, 1.54) is 0 Å². The van der Waals surface area contributed by atoms with Crippen LogP contribution in [-0.2, 0) is 20.7 Å². The molecule has 1 fully saturated rings. The van der Waals surface area contributed by atoms with Crippen LogP contribution in [0.4, 0.5) is 0 Å². The molecule has 0 bridgehead atoms. The molecular weight excluding hydrogens is 308 g/mol. The van der Waals surface area contributed by atoms with Gasteiger partial charge in [0, 0.05) is 18.5 Å². The van der Waals surface area contributed by atoms with E-state index in [0.717, 1.165) is 24.9 Å². The first kappa shape index (κ1) is 16.5. The number of para-hydroxylation sites is 1. The van der Waals surface area contributed by atoms with Gasteiger partial charge in [-0.05, 0) is 30.4 Å². The van der Waals surface area contributed by atoms with Crippen molar-refractivity contribution in [2.75, 3.05) is 19.7 Å². The van der Waals surface area contributed by atoms with Gasteiger partial charge in [0.15, 0.2) is 12.2 Å². The van der Waals surface area contributed by atoms with E-state index in [2.05, 4.69) is 19.0 Å². The van der Waals surface area contributed by atoms with Crippen LogP contribution in [0.3, 0.4) is 0 Å². The largest absolute Gasteiger partial charge is 0.455 e. The normalized spacial score (nSPS) is 21.0. The lowest BCUT2D eigenvalue weighted by atomic mass is 9.92. The SMILES string of the molecule is C[C@@H]1C[C@@H](C)CN(C(=O)COC(=O)Cc2noc3ccccc23)C1. The molecule has 0 radical (unpaired) electrons. The maximum atomic E-state index is 12.2. The van der Waals surface area contributed by atoms with Crippen LogP contribution >= 0.6 is 0 Å². The van der Waals surface area contributed by atoms with E-state index in [-0.39, 0.29) is 18.9 Å². The van der Waals surface area contributed by atoms with Crippen LogP contribution in [0.2, 0.25) is 0 Å². The smallest absolute Gasteiger partial charge is 0.312 e. The van der Waals surface area contributed by atoms with Crippen LogP contribution in [-0.4, -0.2) is 41.6 Å². The second kappa shape index (κ2) is 7.03. The van der Waals surface area contributed by atoms with Gasteiger partial charge in [0.2, 0.25) is 0 Å². The Morgan fingerprint density at radius 1 is 1.25 bits per heavy atom. The molecule has 1 saturated heterocycles. The molecule has 2 atom stereocenters. The number of carbonyl (C=O) groups excluding carboxylic acids is 2. The van der Waals surface area contributed by atoms with Gasteiger partial charge in [-0.2, -0.15) is 0 Å². The minimum absolute atomic E-state index is 0.00288. The lowest BCUT2D eigenvalue weighted by Crippen LogP contribution is -2.44. The molecule has 1 aliphatic heterocycles. The molecule has 0 unspecified atom stereocenters. The van der Waals surface area contributed by atoms with Crippen LogP contribution in [0.25, 0.3) is 11.0 Å². The van der Waals surface area contributed by atoms with Crippen molar-refractivity contribution >= 4 is 22.8 Å². The Morgan fingerprint density at radius 2 is 1.96 bits per heavy atom. The Kier molecular flexibility index (Phi) is 4.83. The molecule has 0 saturated carbocycles. The molecule has 2 heterocycles. The van der Waals surface area contributed by atoms with Crippen LogP contribution < -0.4 is 0 Å². The first-order chi connectivity index (χ1) is 11.5. The lowest BCUT2D eigenvalue weighted by molar-refractivity contribution is -0.152. The van der Waals surface area contributed by atoms with E-state index in [1.807, 2.05) is 18.2 Å². The molecule has 0 spiro atoms. The van der Waals surface area contributed by atoms with Crippen LogP contribution in [0.5, 0.6) is 0 Å². The standard InChI is InChI=1S/C18H22N2O4/c1-12-7-13(2)10-20(9-12)17(21)11-23-18(22)8-15-14-5-3-4-6-16(14)24-19-15/h3-6,12-13H,7-11H2,1-2H3/t12-,13-/m1/s1. The number of aromatic nitrogens is 1. The summed E-state index contributed by atoms with van der Waals surface area (Å²) in [5, 5.41) is 4.69. The van der Waals surface area contributed by atoms with Gasteiger partial charge in [0.1, 0.15) is 5.69 Å². The third-order valence-corrected chi connectivity index (χ3v) is 4.34. The van der Waals surface area contributed by atoms with Gasteiger partial charge < -0.3 is 14.2 Å². The molecule has 3 rings (SSSR count). The average molecular weight is 330 g/mol. The number of benzene rings is 1. The maximum Gasteiger partial charge on any atom is 0.312 e. The molecule has 128 valence electrons. The van der Waals surface area contributed by atoms with Gasteiger partial charge >= 0.3 is 5.97 Å². The fraction of sp³-hybridized carbons (Fsp3) is 0.500. The van der Waals surface area contributed by atoms with Gasteiger partial charge in [-0.1, -0.05) is 31.1 Å². The van der Waals surface area contributed by atoms with Crippen molar-refractivity contribution in [1.29, 1.82) is 0 Å². The third kappa shape index (κ3) is 3.75. The molecule has 1 amide bonds. The molecule has 6 heteroatoms. The zero-order chi connectivity index (χ0) is 17.1. The van der Waals surface area contributed by atoms with Crippen molar-refractivity contribution in [3.8, 4) is 0 Å². The Balaban J connectivity index is 1.53. The number of ether oxygens (including phenoxy) is 1. The van der Waals surface area contributed by atoms with E-state index in [0.29, 0.717) is 23.1 Å². The van der Waals surface area contributed by atoms with Gasteiger partial charge in [-0.15, -0.1) is 0 Å².